The van der Waals surface area contributed by atoms with Gasteiger partial charge in [-0.1, -0.05) is 29.8 Å². The molecule has 2 N–H and O–H groups in total. The molecule has 2 aliphatic carbocycles. The predicted octanol–water partition coefficient (Wildman–Crippen LogP) is 5.34. The first-order valence-electron chi connectivity index (χ1n) is 11.4. The fourth-order valence-corrected chi connectivity index (χ4v) is 5.21. The van der Waals surface area contributed by atoms with E-state index in [1.807, 2.05) is 36.2 Å². The summed E-state index contributed by atoms with van der Waals surface area (Å²) in [4.78, 5) is 25.6. The van der Waals surface area contributed by atoms with Crippen molar-refractivity contribution in [3.8, 4) is 10.4 Å². The van der Waals surface area contributed by atoms with Crippen molar-refractivity contribution >= 4 is 23.0 Å². The van der Waals surface area contributed by atoms with Gasteiger partial charge in [-0.2, -0.15) is 0 Å². The standard InChI is InChI=1S/C26H27FN4OS/c1-16-3-2-4-18(11-16)25-24(30-23(13-28)33-25)26(32)31(15-17-5-6-17)10-9-19-14-29-22-8-7-20(27)12-21(19)22/h2-4,7,11-12,14,17H,5-6,8-10,13,15,28H2,1H3. The third kappa shape index (κ3) is 4.75. The van der Waals surface area contributed by atoms with Crippen LogP contribution < -0.4 is 5.73 Å². The smallest absolute Gasteiger partial charge is 0.274 e. The van der Waals surface area contributed by atoms with E-state index in [4.69, 9.17) is 5.73 Å². The van der Waals surface area contributed by atoms with Crippen LogP contribution in [-0.4, -0.2) is 34.6 Å². The Morgan fingerprint density at radius 2 is 2.18 bits per heavy atom. The minimum absolute atomic E-state index is 0.0576. The molecule has 33 heavy (non-hydrogen) atoms. The van der Waals surface area contributed by atoms with Crippen LogP contribution in [0.25, 0.3) is 10.4 Å². The van der Waals surface area contributed by atoms with Gasteiger partial charge in [-0.15, -0.1) is 11.3 Å². The zero-order valence-corrected chi connectivity index (χ0v) is 19.5. The van der Waals surface area contributed by atoms with Crippen LogP contribution in [0.5, 0.6) is 0 Å². The molecule has 1 fully saturated rings. The summed E-state index contributed by atoms with van der Waals surface area (Å²) in [5.41, 5.74) is 11.3. The molecule has 2 heterocycles. The number of benzene rings is 1. The number of aryl methyl sites for hydroxylation is 1. The van der Waals surface area contributed by atoms with Crippen LogP contribution in [0, 0.1) is 12.8 Å². The molecular formula is C26H27FN4OS. The minimum Gasteiger partial charge on any atom is -0.337 e. The summed E-state index contributed by atoms with van der Waals surface area (Å²) in [6, 6.07) is 8.13. The number of carbonyl (C=O) groups excluding carboxylic acids is 1. The van der Waals surface area contributed by atoms with Crippen LogP contribution in [0.1, 0.15) is 46.7 Å². The number of allylic oxidation sites excluding steroid dienone is 4. The number of fused-ring (bicyclic) bond motifs is 1. The fraction of sp³-hybridized carbons (Fsp3) is 0.346. The van der Waals surface area contributed by atoms with Crippen molar-refractivity contribution in [1.29, 1.82) is 0 Å². The number of carbonyl (C=O) groups is 1. The van der Waals surface area contributed by atoms with Gasteiger partial charge in [-0.05, 0) is 55.4 Å². The number of hydrogen-bond acceptors (Lipinski definition) is 5. The average Bonchev–Trinajstić information content (AvgIpc) is 3.38. The van der Waals surface area contributed by atoms with Gasteiger partial charge in [0, 0.05) is 37.8 Å². The van der Waals surface area contributed by atoms with Crippen molar-refractivity contribution in [1.82, 2.24) is 9.88 Å². The molecular weight excluding hydrogens is 435 g/mol. The SMILES string of the molecule is Cc1cccc(-c2sc(CN)nc2C(=O)N(CCC2=CN=C3CC=C(F)C=C23)CC2CC2)c1. The third-order valence-corrected chi connectivity index (χ3v) is 7.38. The van der Waals surface area contributed by atoms with Gasteiger partial charge in [0.25, 0.3) is 5.91 Å². The van der Waals surface area contributed by atoms with Gasteiger partial charge in [0.1, 0.15) is 16.5 Å². The third-order valence-electron chi connectivity index (χ3n) is 6.25. The maximum atomic E-state index is 13.8. The second kappa shape index (κ2) is 9.15. The topological polar surface area (TPSA) is 71.6 Å². The Hall–Kier alpha value is -2.90. The highest BCUT2D eigenvalue weighted by molar-refractivity contribution is 7.15. The van der Waals surface area contributed by atoms with Gasteiger partial charge < -0.3 is 10.6 Å². The van der Waals surface area contributed by atoms with Crippen LogP contribution in [0.2, 0.25) is 0 Å². The Bertz CT molecular complexity index is 1220. The van der Waals surface area contributed by atoms with Crippen LogP contribution in [0.3, 0.4) is 0 Å². The van der Waals surface area contributed by atoms with Crippen LogP contribution in [0.15, 0.2) is 64.6 Å². The molecule has 2 aromatic rings. The van der Waals surface area contributed by atoms with Crippen molar-refractivity contribution in [2.24, 2.45) is 16.6 Å². The van der Waals surface area contributed by atoms with Crippen molar-refractivity contribution in [3.63, 3.8) is 0 Å². The quantitative estimate of drug-likeness (QED) is 0.575. The molecule has 7 heteroatoms. The Labute approximate surface area is 197 Å². The first-order valence-corrected chi connectivity index (χ1v) is 12.2. The molecule has 3 aliphatic rings. The Morgan fingerprint density at radius 1 is 1.33 bits per heavy atom. The molecule has 170 valence electrons. The van der Waals surface area contributed by atoms with Crippen LogP contribution in [0.4, 0.5) is 4.39 Å². The van der Waals surface area contributed by atoms with Gasteiger partial charge in [0.05, 0.1) is 10.6 Å². The number of hydrogen-bond donors (Lipinski definition) is 1. The summed E-state index contributed by atoms with van der Waals surface area (Å²) in [5.74, 6) is 0.266. The summed E-state index contributed by atoms with van der Waals surface area (Å²) in [7, 11) is 0. The Balaban J connectivity index is 1.39. The first-order chi connectivity index (χ1) is 16.0. The lowest BCUT2D eigenvalue weighted by Crippen LogP contribution is -2.34. The molecule has 1 saturated carbocycles. The van der Waals surface area contributed by atoms with E-state index in [0.29, 0.717) is 37.5 Å². The minimum atomic E-state index is -0.220. The van der Waals surface area contributed by atoms with E-state index in [-0.39, 0.29) is 11.7 Å². The van der Waals surface area contributed by atoms with E-state index in [2.05, 4.69) is 16.0 Å². The molecule has 0 bridgehead atoms. The molecule has 1 aliphatic heterocycles. The van der Waals surface area contributed by atoms with Gasteiger partial charge in [0.15, 0.2) is 0 Å². The fourth-order valence-electron chi connectivity index (χ4n) is 4.28. The van der Waals surface area contributed by atoms with Crippen molar-refractivity contribution in [3.05, 3.63) is 75.9 Å². The number of nitrogens with two attached hydrogens (primary N) is 1. The molecule has 0 saturated heterocycles. The molecule has 1 aromatic carbocycles. The van der Waals surface area contributed by atoms with Crippen LogP contribution in [-0.2, 0) is 6.54 Å². The van der Waals surface area contributed by atoms with E-state index >= 15 is 0 Å². The summed E-state index contributed by atoms with van der Waals surface area (Å²) >= 11 is 1.49. The van der Waals surface area contributed by atoms with Crippen molar-refractivity contribution in [2.45, 2.75) is 39.2 Å². The molecule has 5 nitrogen and oxygen atoms in total. The second-order valence-corrected chi connectivity index (χ2v) is 9.97. The second-order valence-electron chi connectivity index (χ2n) is 8.88. The predicted molar refractivity (Wildman–Crippen MR) is 131 cm³/mol. The zero-order chi connectivity index (χ0) is 22.9. The highest BCUT2D eigenvalue weighted by Crippen LogP contribution is 2.35. The lowest BCUT2D eigenvalue weighted by Gasteiger charge is -2.23. The molecule has 5 rings (SSSR count). The Morgan fingerprint density at radius 3 is 2.94 bits per heavy atom. The summed E-state index contributed by atoms with van der Waals surface area (Å²) in [6.07, 6.45) is 8.37. The molecule has 0 radical (unpaired) electrons. The van der Waals surface area contributed by atoms with E-state index in [1.54, 1.807) is 12.2 Å². The summed E-state index contributed by atoms with van der Waals surface area (Å²) < 4.78 is 13.8. The highest BCUT2D eigenvalue weighted by Gasteiger charge is 2.31. The summed E-state index contributed by atoms with van der Waals surface area (Å²) in [5, 5.41) is 0.757. The van der Waals surface area contributed by atoms with E-state index in [1.165, 1.54) is 11.3 Å². The molecule has 1 aromatic heterocycles. The summed E-state index contributed by atoms with van der Waals surface area (Å²) in [6.45, 7) is 3.61. The van der Waals surface area contributed by atoms with Gasteiger partial charge in [-0.3, -0.25) is 9.79 Å². The number of rotatable bonds is 8. The Kier molecular flexibility index (Phi) is 6.08. The van der Waals surface area contributed by atoms with E-state index in [0.717, 1.165) is 57.3 Å². The van der Waals surface area contributed by atoms with Crippen molar-refractivity contribution < 1.29 is 9.18 Å². The number of thiazole rings is 1. The van der Waals surface area contributed by atoms with Gasteiger partial charge in [-0.25, -0.2) is 9.37 Å². The molecule has 0 atom stereocenters. The first kappa shape index (κ1) is 21.9. The number of halogens is 1. The monoisotopic (exact) mass is 462 g/mol. The number of aliphatic imine (C=N–C) groups is 1. The number of aromatic nitrogens is 1. The van der Waals surface area contributed by atoms with E-state index < -0.39 is 0 Å². The highest BCUT2D eigenvalue weighted by atomic mass is 32.1. The van der Waals surface area contributed by atoms with E-state index in [9.17, 15) is 9.18 Å². The maximum absolute atomic E-state index is 13.8. The average molecular weight is 463 g/mol. The number of nitrogens with zero attached hydrogens (tertiary/aromatic N) is 3. The molecule has 0 spiro atoms. The maximum Gasteiger partial charge on any atom is 0.274 e. The number of amides is 1. The normalized spacial score (nSPS) is 17.2. The molecule has 1 amide bonds. The lowest BCUT2D eigenvalue weighted by molar-refractivity contribution is 0.0745. The largest absolute Gasteiger partial charge is 0.337 e. The lowest BCUT2D eigenvalue weighted by atomic mass is 9.95. The molecule has 0 unspecified atom stereocenters. The van der Waals surface area contributed by atoms with Crippen LogP contribution >= 0.6 is 11.3 Å². The van der Waals surface area contributed by atoms with Crippen molar-refractivity contribution in [2.75, 3.05) is 13.1 Å². The van der Waals surface area contributed by atoms with Gasteiger partial charge in [0.2, 0.25) is 0 Å². The zero-order valence-electron chi connectivity index (χ0n) is 18.7. The van der Waals surface area contributed by atoms with Gasteiger partial charge >= 0.3 is 0 Å².